The van der Waals surface area contributed by atoms with Crippen LogP contribution in [0.5, 0.6) is 5.75 Å². The van der Waals surface area contributed by atoms with Crippen molar-refractivity contribution in [1.29, 1.82) is 0 Å². The van der Waals surface area contributed by atoms with Gasteiger partial charge in [0.1, 0.15) is 11.6 Å². The molecule has 30 heavy (non-hydrogen) atoms. The standard InChI is InChI=1S/C19H17ClF3N3O3S/c1-29-12-2-4-13(5-3-12)30-15-9-16(27)26(18(15)28)7-6-24-17-14(20)8-11(10-25-17)19(21,22)23/h2-5,8,10,15H,6-7,9H2,1H3,(H,24,25)/t15-/m1/s1. The van der Waals surface area contributed by atoms with Gasteiger partial charge >= 0.3 is 6.18 Å². The molecule has 0 saturated carbocycles. The minimum Gasteiger partial charge on any atom is -0.497 e. The molecule has 1 aliphatic rings. The summed E-state index contributed by atoms with van der Waals surface area (Å²) >= 11 is 7.13. The molecule has 2 heterocycles. The van der Waals surface area contributed by atoms with Crippen LogP contribution in [0, 0.1) is 0 Å². The van der Waals surface area contributed by atoms with E-state index < -0.39 is 17.0 Å². The van der Waals surface area contributed by atoms with Crippen molar-refractivity contribution in [3.8, 4) is 5.75 Å². The van der Waals surface area contributed by atoms with Crippen molar-refractivity contribution >= 4 is 41.0 Å². The van der Waals surface area contributed by atoms with Gasteiger partial charge in [-0.2, -0.15) is 13.2 Å². The zero-order chi connectivity index (χ0) is 21.9. The molecule has 0 unspecified atom stereocenters. The average molecular weight is 460 g/mol. The molecule has 0 radical (unpaired) electrons. The van der Waals surface area contributed by atoms with Crippen LogP contribution in [0.4, 0.5) is 19.0 Å². The normalized spacial score (nSPS) is 16.8. The number of rotatable bonds is 7. The fraction of sp³-hybridized carbons (Fsp3) is 0.316. The number of halogens is 4. The van der Waals surface area contributed by atoms with Gasteiger partial charge in [0.05, 0.1) is 22.9 Å². The van der Waals surface area contributed by atoms with E-state index in [0.717, 1.165) is 15.9 Å². The third-order valence-corrected chi connectivity index (χ3v) is 5.82. The van der Waals surface area contributed by atoms with Crippen LogP contribution in [-0.2, 0) is 15.8 Å². The van der Waals surface area contributed by atoms with Crippen molar-refractivity contribution in [2.75, 3.05) is 25.5 Å². The van der Waals surface area contributed by atoms with E-state index in [1.54, 1.807) is 19.2 Å². The number of hydrogen-bond acceptors (Lipinski definition) is 6. The van der Waals surface area contributed by atoms with Gasteiger partial charge < -0.3 is 10.1 Å². The van der Waals surface area contributed by atoms with Gasteiger partial charge in [0, 0.05) is 30.6 Å². The highest BCUT2D eigenvalue weighted by atomic mass is 35.5. The third-order valence-electron chi connectivity index (χ3n) is 4.34. The number of pyridine rings is 1. The predicted molar refractivity (Wildman–Crippen MR) is 107 cm³/mol. The number of nitrogens with one attached hydrogen (secondary N) is 1. The Bertz CT molecular complexity index is 941. The maximum Gasteiger partial charge on any atom is 0.417 e. The first-order chi connectivity index (χ1) is 14.2. The second-order valence-electron chi connectivity index (χ2n) is 6.35. The Kier molecular flexibility index (Phi) is 6.77. The molecule has 1 aromatic carbocycles. The number of likely N-dealkylation sites (tertiary alicyclic amines) is 1. The number of carbonyl (C=O) groups excluding carboxylic acids is 2. The molecule has 1 fully saturated rings. The van der Waals surface area contributed by atoms with E-state index >= 15 is 0 Å². The quantitative estimate of drug-likeness (QED) is 0.629. The second kappa shape index (κ2) is 9.13. The molecular weight excluding hydrogens is 443 g/mol. The van der Waals surface area contributed by atoms with Crippen LogP contribution in [0.2, 0.25) is 5.02 Å². The van der Waals surface area contributed by atoms with E-state index in [1.165, 1.54) is 11.8 Å². The van der Waals surface area contributed by atoms with Gasteiger partial charge in [0.25, 0.3) is 0 Å². The summed E-state index contributed by atoms with van der Waals surface area (Å²) in [4.78, 5) is 30.4. The maximum absolute atomic E-state index is 12.7. The molecular formula is C19H17ClF3N3O3S. The lowest BCUT2D eigenvalue weighted by molar-refractivity contribution is -0.139. The van der Waals surface area contributed by atoms with Crippen LogP contribution in [0.3, 0.4) is 0 Å². The molecule has 0 bridgehead atoms. The molecule has 11 heteroatoms. The lowest BCUT2D eigenvalue weighted by atomic mass is 10.3. The summed E-state index contributed by atoms with van der Waals surface area (Å²) in [5, 5.41) is 2.03. The van der Waals surface area contributed by atoms with Crippen molar-refractivity contribution < 1.29 is 27.5 Å². The van der Waals surface area contributed by atoms with Crippen LogP contribution in [0.15, 0.2) is 41.4 Å². The number of alkyl halides is 3. The Morgan fingerprint density at radius 3 is 2.60 bits per heavy atom. The number of methoxy groups -OCH3 is 1. The van der Waals surface area contributed by atoms with Crippen molar-refractivity contribution in [2.24, 2.45) is 0 Å². The number of nitrogens with zero attached hydrogens (tertiary/aromatic N) is 2. The van der Waals surface area contributed by atoms with E-state index in [2.05, 4.69) is 10.3 Å². The fourth-order valence-electron chi connectivity index (χ4n) is 2.81. The molecule has 1 aromatic heterocycles. The van der Waals surface area contributed by atoms with Gasteiger partial charge in [-0.1, -0.05) is 11.6 Å². The molecule has 0 spiro atoms. The molecule has 3 rings (SSSR count). The Morgan fingerprint density at radius 1 is 1.30 bits per heavy atom. The van der Waals surface area contributed by atoms with Gasteiger partial charge in [-0.3, -0.25) is 14.5 Å². The lowest BCUT2D eigenvalue weighted by Crippen LogP contribution is -2.35. The van der Waals surface area contributed by atoms with E-state index in [9.17, 15) is 22.8 Å². The summed E-state index contributed by atoms with van der Waals surface area (Å²) in [5.41, 5.74) is -0.957. The van der Waals surface area contributed by atoms with Gasteiger partial charge in [-0.05, 0) is 30.3 Å². The van der Waals surface area contributed by atoms with Gasteiger partial charge in [-0.25, -0.2) is 4.98 Å². The zero-order valence-electron chi connectivity index (χ0n) is 15.7. The molecule has 2 aromatic rings. The number of benzene rings is 1. The molecule has 1 atom stereocenters. The Hall–Kier alpha value is -2.46. The molecule has 0 aliphatic carbocycles. The number of anilines is 1. The SMILES string of the molecule is COc1ccc(S[C@@H]2CC(=O)N(CCNc3ncc(C(F)(F)F)cc3Cl)C2=O)cc1. The average Bonchev–Trinajstić information content (AvgIpc) is 2.96. The van der Waals surface area contributed by atoms with E-state index in [-0.39, 0.29) is 42.2 Å². The highest BCUT2D eigenvalue weighted by molar-refractivity contribution is 8.00. The first-order valence-corrected chi connectivity index (χ1v) is 10.1. The molecule has 2 amide bonds. The number of hydrogen-bond donors (Lipinski definition) is 1. The van der Waals surface area contributed by atoms with Crippen LogP contribution in [0.1, 0.15) is 12.0 Å². The Morgan fingerprint density at radius 2 is 2.00 bits per heavy atom. The monoisotopic (exact) mass is 459 g/mol. The van der Waals surface area contributed by atoms with Crippen LogP contribution in [0.25, 0.3) is 0 Å². The summed E-state index contributed by atoms with van der Waals surface area (Å²) in [7, 11) is 1.56. The number of thioether (sulfide) groups is 1. The summed E-state index contributed by atoms with van der Waals surface area (Å²) in [6.45, 7) is 0.159. The first-order valence-electron chi connectivity index (χ1n) is 8.80. The van der Waals surface area contributed by atoms with E-state index in [4.69, 9.17) is 16.3 Å². The molecule has 160 valence electrons. The lowest BCUT2D eigenvalue weighted by Gasteiger charge is -2.16. The smallest absolute Gasteiger partial charge is 0.417 e. The van der Waals surface area contributed by atoms with Crippen molar-refractivity contribution in [3.05, 3.63) is 47.1 Å². The number of imide groups is 1. The van der Waals surface area contributed by atoms with Crippen molar-refractivity contribution in [3.63, 3.8) is 0 Å². The molecule has 1 saturated heterocycles. The van der Waals surface area contributed by atoms with Crippen LogP contribution < -0.4 is 10.1 Å². The third kappa shape index (κ3) is 5.17. The predicted octanol–water partition coefficient (Wildman–Crippen LogP) is 4.09. The summed E-state index contributed by atoms with van der Waals surface area (Å²) in [6.07, 6.45) is -3.79. The number of aromatic nitrogens is 1. The summed E-state index contributed by atoms with van der Waals surface area (Å²) < 4.78 is 43.1. The minimum atomic E-state index is -4.54. The molecule has 1 aliphatic heterocycles. The molecule has 1 N–H and O–H groups in total. The zero-order valence-corrected chi connectivity index (χ0v) is 17.3. The number of carbonyl (C=O) groups is 2. The number of amides is 2. The van der Waals surface area contributed by atoms with Crippen LogP contribution in [-0.4, -0.2) is 47.1 Å². The summed E-state index contributed by atoms with van der Waals surface area (Å²) in [5.74, 6) is 0.123. The second-order valence-corrected chi connectivity index (χ2v) is 8.03. The van der Waals surface area contributed by atoms with Gasteiger partial charge in [0.2, 0.25) is 11.8 Å². The van der Waals surface area contributed by atoms with E-state index in [0.29, 0.717) is 11.9 Å². The van der Waals surface area contributed by atoms with Crippen molar-refractivity contribution in [1.82, 2.24) is 9.88 Å². The Balaban J connectivity index is 1.55. The largest absolute Gasteiger partial charge is 0.497 e. The summed E-state index contributed by atoms with van der Waals surface area (Å²) in [6, 6.07) is 7.93. The van der Waals surface area contributed by atoms with Crippen molar-refractivity contribution in [2.45, 2.75) is 22.7 Å². The topological polar surface area (TPSA) is 71.5 Å². The maximum atomic E-state index is 12.7. The van der Waals surface area contributed by atoms with Gasteiger partial charge in [0.15, 0.2) is 0 Å². The molecule has 6 nitrogen and oxygen atoms in total. The fourth-order valence-corrected chi connectivity index (χ4v) is 4.12. The first kappa shape index (κ1) is 22.2. The van der Waals surface area contributed by atoms with Crippen LogP contribution >= 0.6 is 23.4 Å². The Labute approximate surface area is 179 Å². The van der Waals surface area contributed by atoms with E-state index in [1.807, 2.05) is 12.1 Å². The highest BCUT2D eigenvalue weighted by Gasteiger charge is 2.38. The number of ether oxygens (including phenoxy) is 1. The minimum absolute atomic E-state index is 0.0490. The highest BCUT2D eigenvalue weighted by Crippen LogP contribution is 2.33. The van der Waals surface area contributed by atoms with Gasteiger partial charge in [-0.15, -0.1) is 11.8 Å².